The van der Waals surface area contributed by atoms with Crippen LogP contribution in [-0.2, 0) is 14.4 Å². The summed E-state index contributed by atoms with van der Waals surface area (Å²) >= 11 is 6.02. The third-order valence-corrected chi connectivity index (χ3v) is 5.49. The highest BCUT2D eigenvalue weighted by Gasteiger charge is 2.32. The van der Waals surface area contributed by atoms with E-state index in [0.717, 1.165) is 24.2 Å². The van der Waals surface area contributed by atoms with Crippen molar-refractivity contribution in [3.8, 4) is 5.75 Å². The van der Waals surface area contributed by atoms with E-state index >= 15 is 0 Å². The zero-order valence-electron chi connectivity index (χ0n) is 14.8. The fourth-order valence-corrected chi connectivity index (χ4v) is 3.92. The van der Waals surface area contributed by atoms with E-state index in [1.54, 1.807) is 7.11 Å². The highest BCUT2D eigenvalue weighted by molar-refractivity contribution is 6.30. The Morgan fingerprint density at radius 3 is 2.65 bits per heavy atom. The highest BCUT2D eigenvalue weighted by atomic mass is 35.5. The van der Waals surface area contributed by atoms with Gasteiger partial charge < -0.3 is 9.64 Å². The highest BCUT2D eigenvalue weighted by Crippen LogP contribution is 2.36. The lowest BCUT2D eigenvalue weighted by molar-refractivity contribution is -0.132. The Bertz CT molecular complexity index is 713. The molecule has 0 aromatic heterocycles. The standard InChI is InChI=1S/C19H23ClN2O4/c1-26-16-11-14(20)3-4-15(16)12-6-8-22(9-7-12)18(24)5-2-13-10-17(23)21-19(13)25/h3-4,11-13H,2,5-10H2,1H3,(H,21,23,25)/t13-/m0/s1. The van der Waals surface area contributed by atoms with E-state index in [2.05, 4.69) is 5.32 Å². The summed E-state index contributed by atoms with van der Waals surface area (Å²) in [6.07, 6.45) is 2.67. The van der Waals surface area contributed by atoms with Crippen molar-refractivity contribution in [2.24, 2.45) is 5.92 Å². The number of ether oxygens (including phenoxy) is 1. The predicted octanol–water partition coefficient (Wildman–Crippen LogP) is 2.50. The van der Waals surface area contributed by atoms with Crippen LogP contribution in [0.1, 0.15) is 43.6 Å². The van der Waals surface area contributed by atoms with E-state index in [4.69, 9.17) is 16.3 Å². The summed E-state index contributed by atoms with van der Waals surface area (Å²) in [7, 11) is 1.64. The van der Waals surface area contributed by atoms with Gasteiger partial charge in [0.1, 0.15) is 5.75 Å². The molecule has 0 aliphatic carbocycles. The zero-order chi connectivity index (χ0) is 18.7. The van der Waals surface area contributed by atoms with E-state index in [0.29, 0.717) is 36.9 Å². The van der Waals surface area contributed by atoms with E-state index in [1.165, 1.54) is 0 Å². The minimum Gasteiger partial charge on any atom is -0.496 e. The number of carbonyl (C=O) groups is 3. The van der Waals surface area contributed by atoms with Crippen LogP contribution in [0.2, 0.25) is 5.02 Å². The van der Waals surface area contributed by atoms with Crippen molar-refractivity contribution in [1.82, 2.24) is 10.2 Å². The Hall–Kier alpha value is -2.08. The lowest BCUT2D eigenvalue weighted by Crippen LogP contribution is -2.38. The van der Waals surface area contributed by atoms with Gasteiger partial charge in [0.15, 0.2) is 0 Å². The Morgan fingerprint density at radius 2 is 2.04 bits per heavy atom. The normalized spacial score (nSPS) is 21.0. The summed E-state index contributed by atoms with van der Waals surface area (Å²) in [6.45, 7) is 1.37. The van der Waals surface area contributed by atoms with Gasteiger partial charge in [-0.15, -0.1) is 0 Å². The first-order chi connectivity index (χ1) is 12.5. The molecule has 2 fully saturated rings. The molecule has 0 spiro atoms. The lowest BCUT2D eigenvalue weighted by atomic mass is 9.88. The maximum Gasteiger partial charge on any atom is 0.230 e. The van der Waals surface area contributed by atoms with Crippen LogP contribution in [0.5, 0.6) is 5.75 Å². The van der Waals surface area contributed by atoms with Crippen LogP contribution in [0.4, 0.5) is 0 Å². The molecule has 1 aromatic rings. The van der Waals surface area contributed by atoms with Gasteiger partial charge in [0.25, 0.3) is 0 Å². The second-order valence-electron chi connectivity index (χ2n) is 6.89. The zero-order valence-corrected chi connectivity index (χ0v) is 15.6. The SMILES string of the molecule is COc1cc(Cl)ccc1C1CCN(C(=O)CC[C@H]2CC(=O)NC2=O)CC1. The van der Waals surface area contributed by atoms with E-state index in [-0.39, 0.29) is 30.1 Å². The molecular weight excluding hydrogens is 356 g/mol. The monoisotopic (exact) mass is 378 g/mol. The van der Waals surface area contributed by atoms with E-state index < -0.39 is 0 Å². The topological polar surface area (TPSA) is 75.7 Å². The number of nitrogens with one attached hydrogen (secondary N) is 1. The van der Waals surface area contributed by atoms with Crippen molar-refractivity contribution in [3.63, 3.8) is 0 Å². The van der Waals surface area contributed by atoms with Crippen LogP contribution >= 0.6 is 11.6 Å². The quantitative estimate of drug-likeness (QED) is 0.799. The molecule has 1 atom stereocenters. The van der Waals surface area contributed by atoms with Gasteiger partial charge in [-0.3, -0.25) is 19.7 Å². The van der Waals surface area contributed by atoms with Crippen molar-refractivity contribution in [2.75, 3.05) is 20.2 Å². The minimum absolute atomic E-state index is 0.0543. The van der Waals surface area contributed by atoms with Crippen molar-refractivity contribution in [3.05, 3.63) is 28.8 Å². The number of piperidine rings is 1. The van der Waals surface area contributed by atoms with Gasteiger partial charge in [-0.05, 0) is 42.9 Å². The van der Waals surface area contributed by atoms with Gasteiger partial charge >= 0.3 is 0 Å². The van der Waals surface area contributed by atoms with Gasteiger partial charge in [-0.2, -0.15) is 0 Å². The number of imide groups is 1. The number of likely N-dealkylation sites (tertiary alicyclic amines) is 1. The number of carbonyl (C=O) groups excluding carboxylic acids is 3. The fraction of sp³-hybridized carbons (Fsp3) is 0.526. The molecule has 26 heavy (non-hydrogen) atoms. The summed E-state index contributed by atoms with van der Waals surface area (Å²) < 4.78 is 5.44. The van der Waals surface area contributed by atoms with Gasteiger partial charge in [0, 0.05) is 36.9 Å². The molecule has 0 radical (unpaired) electrons. The van der Waals surface area contributed by atoms with Crippen LogP contribution < -0.4 is 10.1 Å². The number of benzene rings is 1. The molecule has 0 bridgehead atoms. The van der Waals surface area contributed by atoms with Crippen molar-refractivity contribution < 1.29 is 19.1 Å². The Labute approximate surface area is 157 Å². The van der Waals surface area contributed by atoms with Crippen LogP contribution in [-0.4, -0.2) is 42.8 Å². The molecule has 1 aromatic carbocycles. The smallest absolute Gasteiger partial charge is 0.230 e. The molecule has 2 saturated heterocycles. The minimum atomic E-state index is -0.359. The molecule has 2 heterocycles. The van der Waals surface area contributed by atoms with Crippen LogP contribution in [0.15, 0.2) is 18.2 Å². The van der Waals surface area contributed by atoms with E-state index in [9.17, 15) is 14.4 Å². The average Bonchev–Trinajstić information content (AvgIpc) is 2.97. The largest absolute Gasteiger partial charge is 0.496 e. The first kappa shape index (κ1) is 18.7. The van der Waals surface area contributed by atoms with Gasteiger partial charge in [0.05, 0.1) is 7.11 Å². The second-order valence-corrected chi connectivity index (χ2v) is 7.33. The first-order valence-electron chi connectivity index (χ1n) is 8.93. The van der Waals surface area contributed by atoms with Gasteiger partial charge in [0.2, 0.25) is 17.7 Å². The number of hydrogen-bond donors (Lipinski definition) is 1. The van der Waals surface area contributed by atoms with Crippen LogP contribution in [0, 0.1) is 5.92 Å². The second kappa shape index (κ2) is 8.08. The fourth-order valence-electron chi connectivity index (χ4n) is 3.76. The summed E-state index contributed by atoms with van der Waals surface area (Å²) in [5.41, 5.74) is 1.13. The number of halogens is 1. The molecule has 2 aliphatic heterocycles. The molecule has 6 nitrogen and oxygen atoms in total. The maximum atomic E-state index is 12.4. The number of methoxy groups -OCH3 is 1. The molecule has 1 N–H and O–H groups in total. The Morgan fingerprint density at radius 1 is 1.31 bits per heavy atom. The first-order valence-corrected chi connectivity index (χ1v) is 9.30. The number of nitrogens with zero attached hydrogens (tertiary/aromatic N) is 1. The molecule has 3 amide bonds. The van der Waals surface area contributed by atoms with Crippen LogP contribution in [0.3, 0.4) is 0 Å². The average molecular weight is 379 g/mol. The van der Waals surface area contributed by atoms with Crippen molar-refractivity contribution in [1.29, 1.82) is 0 Å². The van der Waals surface area contributed by atoms with Crippen molar-refractivity contribution in [2.45, 2.75) is 38.0 Å². The maximum absolute atomic E-state index is 12.4. The van der Waals surface area contributed by atoms with Crippen LogP contribution in [0.25, 0.3) is 0 Å². The Kier molecular flexibility index (Phi) is 5.81. The summed E-state index contributed by atoms with van der Waals surface area (Å²) in [6, 6.07) is 5.69. The molecular formula is C19H23ClN2O4. The van der Waals surface area contributed by atoms with Crippen molar-refractivity contribution >= 4 is 29.3 Å². The molecule has 3 rings (SSSR count). The third-order valence-electron chi connectivity index (χ3n) is 5.25. The lowest BCUT2D eigenvalue weighted by Gasteiger charge is -2.33. The number of rotatable bonds is 5. The molecule has 140 valence electrons. The molecule has 0 saturated carbocycles. The summed E-state index contributed by atoms with van der Waals surface area (Å²) in [5.74, 6) is 0.325. The molecule has 0 unspecified atom stereocenters. The summed E-state index contributed by atoms with van der Waals surface area (Å²) in [4.78, 5) is 37.1. The predicted molar refractivity (Wildman–Crippen MR) is 97.0 cm³/mol. The van der Waals surface area contributed by atoms with E-state index in [1.807, 2.05) is 23.1 Å². The molecule has 7 heteroatoms. The third kappa shape index (κ3) is 4.18. The number of hydrogen-bond acceptors (Lipinski definition) is 4. The van der Waals surface area contributed by atoms with Gasteiger partial charge in [-0.25, -0.2) is 0 Å². The van der Waals surface area contributed by atoms with Gasteiger partial charge in [-0.1, -0.05) is 17.7 Å². The Balaban J connectivity index is 1.51. The summed E-state index contributed by atoms with van der Waals surface area (Å²) in [5, 5.41) is 2.93. The number of amides is 3. The molecule has 2 aliphatic rings.